The molecule has 1 aromatic heterocycles. The Morgan fingerprint density at radius 2 is 1.91 bits per heavy atom. The van der Waals surface area contributed by atoms with Gasteiger partial charge in [-0.1, -0.05) is 25.3 Å². The zero-order chi connectivity index (χ0) is 15.2. The number of piperazine rings is 1. The van der Waals surface area contributed by atoms with Gasteiger partial charge in [0.2, 0.25) is 0 Å². The molecule has 1 atom stereocenters. The maximum atomic E-state index is 4.46. The van der Waals surface area contributed by atoms with Gasteiger partial charge in [-0.05, 0) is 31.9 Å². The molecule has 1 unspecified atom stereocenters. The minimum Gasteiger partial charge on any atom is -0.354 e. The Bertz CT molecular complexity index is 422. The molecule has 1 aromatic rings. The Morgan fingerprint density at radius 3 is 2.59 bits per heavy atom. The molecule has 1 saturated heterocycles. The molecular weight excluding hydrogens is 272 g/mol. The van der Waals surface area contributed by atoms with Crippen LogP contribution in [0, 0.1) is 0 Å². The third kappa shape index (κ3) is 4.20. The molecule has 1 saturated carbocycles. The van der Waals surface area contributed by atoms with E-state index < -0.39 is 0 Å². The van der Waals surface area contributed by atoms with Crippen LogP contribution in [0.4, 0.5) is 5.82 Å². The molecule has 2 fully saturated rings. The Balaban J connectivity index is 1.40. The van der Waals surface area contributed by atoms with Crippen LogP contribution in [0.1, 0.15) is 39.0 Å². The summed E-state index contributed by atoms with van der Waals surface area (Å²) in [5.41, 5.74) is 0. The number of hydrogen-bond donors (Lipinski definition) is 1. The van der Waals surface area contributed by atoms with Crippen LogP contribution >= 0.6 is 0 Å². The number of rotatable bonds is 5. The smallest absolute Gasteiger partial charge is 0.128 e. The Kier molecular flexibility index (Phi) is 5.68. The Morgan fingerprint density at radius 1 is 1.14 bits per heavy atom. The van der Waals surface area contributed by atoms with Gasteiger partial charge >= 0.3 is 0 Å². The van der Waals surface area contributed by atoms with E-state index in [1.807, 2.05) is 12.3 Å². The summed E-state index contributed by atoms with van der Waals surface area (Å²) in [5, 5.41) is 3.79. The second-order valence-electron chi connectivity index (χ2n) is 6.80. The highest BCUT2D eigenvalue weighted by atomic mass is 15.3. The van der Waals surface area contributed by atoms with E-state index in [2.05, 4.69) is 39.2 Å². The van der Waals surface area contributed by atoms with E-state index in [9.17, 15) is 0 Å². The third-order valence-corrected chi connectivity index (χ3v) is 5.22. The molecule has 3 rings (SSSR count). The van der Waals surface area contributed by atoms with Crippen LogP contribution in [0.25, 0.3) is 0 Å². The monoisotopic (exact) mass is 302 g/mol. The van der Waals surface area contributed by atoms with E-state index in [4.69, 9.17) is 0 Å². The fourth-order valence-corrected chi connectivity index (χ4v) is 3.71. The van der Waals surface area contributed by atoms with Gasteiger partial charge in [-0.15, -0.1) is 0 Å². The van der Waals surface area contributed by atoms with Gasteiger partial charge < -0.3 is 10.2 Å². The zero-order valence-electron chi connectivity index (χ0n) is 13.9. The quantitative estimate of drug-likeness (QED) is 0.905. The van der Waals surface area contributed by atoms with Crippen LogP contribution in [0.15, 0.2) is 24.4 Å². The molecule has 4 heteroatoms. The summed E-state index contributed by atoms with van der Waals surface area (Å²) >= 11 is 0. The van der Waals surface area contributed by atoms with E-state index in [0.717, 1.165) is 44.6 Å². The Hall–Kier alpha value is -1.13. The fourth-order valence-electron chi connectivity index (χ4n) is 3.71. The molecule has 2 aliphatic rings. The SMILES string of the molecule is CC(CNC1CCCCC1)N1CCN(c2ccccn2)CC1. The fraction of sp³-hybridized carbons (Fsp3) is 0.722. The molecule has 0 spiro atoms. The Labute approximate surface area is 134 Å². The van der Waals surface area contributed by atoms with Gasteiger partial charge in [-0.25, -0.2) is 4.98 Å². The van der Waals surface area contributed by atoms with Gasteiger partial charge in [-0.2, -0.15) is 0 Å². The lowest BCUT2D eigenvalue weighted by molar-refractivity contribution is 0.185. The average Bonchev–Trinajstić information content (AvgIpc) is 2.61. The molecule has 2 heterocycles. The molecule has 0 aromatic carbocycles. The maximum Gasteiger partial charge on any atom is 0.128 e. The summed E-state index contributed by atoms with van der Waals surface area (Å²) < 4.78 is 0. The van der Waals surface area contributed by atoms with E-state index in [0.29, 0.717) is 6.04 Å². The number of anilines is 1. The van der Waals surface area contributed by atoms with Gasteiger partial charge in [0, 0.05) is 51.0 Å². The topological polar surface area (TPSA) is 31.4 Å². The van der Waals surface area contributed by atoms with Crippen molar-refractivity contribution in [2.24, 2.45) is 0 Å². The molecular formula is C18H30N4. The second kappa shape index (κ2) is 7.93. The first kappa shape index (κ1) is 15.8. The minimum absolute atomic E-state index is 0.632. The van der Waals surface area contributed by atoms with Gasteiger partial charge in [0.05, 0.1) is 0 Å². The first-order valence-corrected chi connectivity index (χ1v) is 8.96. The lowest BCUT2D eigenvalue weighted by Gasteiger charge is -2.39. The zero-order valence-corrected chi connectivity index (χ0v) is 13.9. The largest absolute Gasteiger partial charge is 0.354 e. The normalized spacial score (nSPS) is 22.7. The highest BCUT2D eigenvalue weighted by molar-refractivity contribution is 5.38. The average molecular weight is 302 g/mol. The van der Waals surface area contributed by atoms with Crippen molar-refractivity contribution >= 4 is 5.82 Å². The van der Waals surface area contributed by atoms with Crippen LogP contribution in [-0.2, 0) is 0 Å². The maximum absolute atomic E-state index is 4.46. The molecule has 1 N–H and O–H groups in total. The van der Waals surface area contributed by atoms with Crippen LogP contribution in [0.3, 0.4) is 0 Å². The summed E-state index contributed by atoms with van der Waals surface area (Å²) in [6.07, 6.45) is 8.89. The van der Waals surface area contributed by atoms with Crippen molar-refractivity contribution in [2.75, 3.05) is 37.6 Å². The summed E-state index contributed by atoms with van der Waals surface area (Å²) in [7, 11) is 0. The highest BCUT2D eigenvalue weighted by Gasteiger charge is 2.22. The lowest BCUT2D eigenvalue weighted by Crippen LogP contribution is -2.53. The molecule has 0 radical (unpaired) electrons. The van der Waals surface area contributed by atoms with Crippen molar-refractivity contribution in [1.82, 2.24) is 15.2 Å². The van der Waals surface area contributed by atoms with E-state index in [1.54, 1.807) is 0 Å². The molecule has 4 nitrogen and oxygen atoms in total. The molecule has 1 aliphatic carbocycles. The molecule has 0 bridgehead atoms. The number of hydrogen-bond acceptors (Lipinski definition) is 4. The second-order valence-corrected chi connectivity index (χ2v) is 6.80. The van der Waals surface area contributed by atoms with Crippen LogP contribution < -0.4 is 10.2 Å². The van der Waals surface area contributed by atoms with E-state index >= 15 is 0 Å². The summed E-state index contributed by atoms with van der Waals surface area (Å²) in [6, 6.07) is 7.58. The van der Waals surface area contributed by atoms with Gasteiger partial charge in [0.1, 0.15) is 5.82 Å². The number of pyridine rings is 1. The molecule has 1 aliphatic heterocycles. The first-order chi connectivity index (χ1) is 10.8. The van der Waals surface area contributed by atoms with E-state index in [-0.39, 0.29) is 0 Å². The summed E-state index contributed by atoms with van der Waals surface area (Å²) in [5.74, 6) is 1.12. The summed E-state index contributed by atoms with van der Waals surface area (Å²) in [6.45, 7) is 7.96. The third-order valence-electron chi connectivity index (χ3n) is 5.22. The number of nitrogens with one attached hydrogen (secondary N) is 1. The number of aromatic nitrogens is 1. The van der Waals surface area contributed by atoms with Crippen LogP contribution in [-0.4, -0.2) is 54.7 Å². The van der Waals surface area contributed by atoms with Gasteiger partial charge in [-0.3, -0.25) is 4.90 Å². The highest BCUT2D eigenvalue weighted by Crippen LogP contribution is 2.18. The van der Waals surface area contributed by atoms with Crippen LogP contribution in [0.5, 0.6) is 0 Å². The van der Waals surface area contributed by atoms with Crippen molar-refractivity contribution in [2.45, 2.75) is 51.1 Å². The predicted molar refractivity (Wildman–Crippen MR) is 92.4 cm³/mol. The van der Waals surface area contributed by atoms with Crippen LogP contribution in [0.2, 0.25) is 0 Å². The van der Waals surface area contributed by atoms with E-state index in [1.165, 1.54) is 32.1 Å². The number of nitrogens with zero attached hydrogens (tertiary/aromatic N) is 3. The standard InChI is InChI=1S/C18H30N4/c1-16(15-20-17-7-3-2-4-8-17)21-11-13-22(14-12-21)18-9-5-6-10-19-18/h5-6,9-10,16-17,20H,2-4,7-8,11-15H2,1H3. The van der Waals surface area contributed by atoms with Crippen molar-refractivity contribution in [3.63, 3.8) is 0 Å². The van der Waals surface area contributed by atoms with Gasteiger partial charge in [0.25, 0.3) is 0 Å². The van der Waals surface area contributed by atoms with Crippen molar-refractivity contribution < 1.29 is 0 Å². The van der Waals surface area contributed by atoms with Crippen molar-refractivity contribution in [1.29, 1.82) is 0 Å². The predicted octanol–water partition coefficient (Wildman–Crippen LogP) is 2.51. The first-order valence-electron chi connectivity index (χ1n) is 8.96. The molecule has 22 heavy (non-hydrogen) atoms. The minimum atomic E-state index is 0.632. The molecule has 0 amide bonds. The van der Waals surface area contributed by atoms with Gasteiger partial charge in [0.15, 0.2) is 0 Å². The summed E-state index contributed by atoms with van der Waals surface area (Å²) in [4.78, 5) is 9.49. The van der Waals surface area contributed by atoms with Crippen molar-refractivity contribution in [3.05, 3.63) is 24.4 Å². The molecule has 122 valence electrons. The van der Waals surface area contributed by atoms with Crippen molar-refractivity contribution in [3.8, 4) is 0 Å². The lowest BCUT2D eigenvalue weighted by atomic mass is 9.95.